The van der Waals surface area contributed by atoms with Crippen molar-refractivity contribution in [3.8, 4) is 0 Å². The molecule has 0 saturated carbocycles. The molecule has 1 aromatic heterocycles. The normalized spacial score (nSPS) is 19.1. The van der Waals surface area contributed by atoms with E-state index in [0.717, 1.165) is 24.9 Å². The van der Waals surface area contributed by atoms with Crippen LogP contribution >= 0.6 is 11.6 Å². The number of imidazole rings is 1. The maximum Gasteiger partial charge on any atom is 0.317 e. The van der Waals surface area contributed by atoms with Crippen LogP contribution in [-0.4, -0.2) is 33.6 Å². The average Bonchev–Trinajstić information content (AvgIpc) is 3.12. The number of rotatable bonds is 3. The zero-order valence-corrected chi connectivity index (χ0v) is 14.2. The van der Waals surface area contributed by atoms with Gasteiger partial charge in [-0.3, -0.25) is 0 Å². The fourth-order valence-corrected chi connectivity index (χ4v) is 3.20. The van der Waals surface area contributed by atoms with Crippen LogP contribution in [0.2, 0.25) is 5.02 Å². The lowest BCUT2D eigenvalue weighted by Crippen LogP contribution is -2.46. The summed E-state index contributed by atoms with van der Waals surface area (Å²) in [5, 5.41) is 3.02. The lowest BCUT2D eigenvalue weighted by atomic mass is 10.1. The smallest absolute Gasteiger partial charge is 0.317 e. The van der Waals surface area contributed by atoms with Crippen molar-refractivity contribution in [2.45, 2.75) is 31.8 Å². The van der Waals surface area contributed by atoms with E-state index in [1.807, 2.05) is 22.6 Å². The van der Waals surface area contributed by atoms with E-state index in [4.69, 9.17) is 11.6 Å². The molecule has 128 valence electrons. The van der Waals surface area contributed by atoms with Crippen LogP contribution in [-0.2, 0) is 0 Å². The number of nitrogens with zero attached hydrogens (tertiary/aromatic N) is 3. The second-order valence-corrected chi connectivity index (χ2v) is 6.50. The maximum absolute atomic E-state index is 13.3. The Morgan fingerprint density at radius 1 is 1.50 bits per heavy atom. The monoisotopic (exact) mass is 350 g/mol. The van der Waals surface area contributed by atoms with E-state index >= 15 is 0 Å². The van der Waals surface area contributed by atoms with Gasteiger partial charge in [-0.2, -0.15) is 0 Å². The molecule has 1 aromatic carbocycles. The van der Waals surface area contributed by atoms with Crippen molar-refractivity contribution >= 4 is 17.6 Å². The summed E-state index contributed by atoms with van der Waals surface area (Å²) in [6.45, 7) is 3.24. The van der Waals surface area contributed by atoms with E-state index < -0.39 is 5.82 Å². The van der Waals surface area contributed by atoms with E-state index in [1.165, 1.54) is 6.07 Å². The molecule has 0 bridgehead atoms. The molecule has 2 amide bonds. The lowest BCUT2D eigenvalue weighted by Gasteiger charge is -2.34. The third-order valence-corrected chi connectivity index (χ3v) is 4.70. The van der Waals surface area contributed by atoms with Crippen molar-refractivity contribution < 1.29 is 9.18 Å². The number of likely N-dealkylation sites (tertiary alicyclic amines) is 1. The predicted octanol–water partition coefficient (Wildman–Crippen LogP) is 3.78. The minimum absolute atomic E-state index is 0.0618. The second-order valence-electron chi connectivity index (χ2n) is 6.10. The fourth-order valence-electron chi connectivity index (χ4n) is 3.01. The highest BCUT2D eigenvalue weighted by Crippen LogP contribution is 2.23. The van der Waals surface area contributed by atoms with Gasteiger partial charge in [0.2, 0.25) is 0 Å². The Morgan fingerprint density at radius 2 is 2.33 bits per heavy atom. The Balaban J connectivity index is 1.62. The molecule has 1 aliphatic heterocycles. The molecule has 5 nitrogen and oxygen atoms in total. The topological polar surface area (TPSA) is 50.2 Å². The SMILES string of the molecule is CC(NC(=O)N1CCCC(n2ccnc2)C1)c1ccc(F)c(Cl)c1. The first-order valence-corrected chi connectivity index (χ1v) is 8.40. The number of amides is 2. The average molecular weight is 351 g/mol. The van der Waals surface area contributed by atoms with Gasteiger partial charge in [-0.15, -0.1) is 0 Å². The van der Waals surface area contributed by atoms with Crippen LogP contribution in [0.25, 0.3) is 0 Å². The minimum Gasteiger partial charge on any atom is -0.333 e. The first kappa shape index (κ1) is 16.8. The van der Waals surface area contributed by atoms with Crippen molar-refractivity contribution in [3.05, 3.63) is 53.3 Å². The van der Waals surface area contributed by atoms with Gasteiger partial charge in [-0.1, -0.05) is 17.7 Å². The van der Waals surface area contributed by atoms with Gasteiger partial charge in [0.1, 0.15) is 5.82 Å². The van der Waals surface area contributed by atoms with Gasteiger partial charge in [0, 0.05) is 25.5 Å². The molecule has 1 N–H and O–H groups in total. The number of urea groups is 1. The molecular weight excluding hydrogens is 331 g/mol. The van der Waals surface area contributed by atoms with Gasteiger partial charge in [-0.25, -0.2) is 14.2 Å². The maximum atomic E-state index is 13.3. The Hall–Kier alpha value is -2.08. The number of carbonyl (C=O) groups excluding carboxylic acids is 1. The number of halogens is 2. The van der Waals surface area contributed by atoms with E-state index in [0.29, 0.717) is 6.54 Å². The Morgan fingerprint density at radius 3 is 3.04 bits per heavy atom. The van der Waals surface area contributed by atoms with Crippen molar-refractivity contribution in [2.24, 2.45) is 0 Å². The number of hydrogen-bond donors (Lipinski definition) is 1. The van der Waals surface area contributed by atoms with Crippen LogP contribution in [0.1, 0.15) is 37.4 Å². The van der Waals surface area contributed by atoms with E-state index in [2.05, 4.69) is 10.3 Å². The Bertz CT molecular complexity index is 707. The lowest BCUT2D eigenvalue weighted by molar-refractivity contribution is 0.164. The molecule has 0 radical (unpaired) electrons. The number of piperidine rings is 1. The molecule has 2 heterocycles. The summed E-state index contributed by atoms with van der Waals surface area (Å²) in [5.74, 6) is -0.460. The Kier molecular flexibility index (Phi) is 5.04. The summed E-state index contributed by atoms with van der Waals surface area (Å²) in [4.78, 5) is 18.4. The molecule has 7 heteroatoms. The molecule has 1 fully saturated rings. The van der Waals surface area contributed by atoms with Crippen molar-refractivity contribution in [1.29, 1.82) is 0 Å². The molecule has 0 spiro atoms. The second kappa shape index (κ2) is 7.21. The van der Waals surface area contributed by atoms with Gasteiger partial charge in [0.15, 0.2) is 0 Å². The van der Waals surface area contributed by atoms with Crippen molar-refractivity contribution in [2.75, 3.05) is 13.1 Å². The van der Waals surface area contributed by atoms with Crippen molar-refractivity contribution in [3.63, 3.8) is 0 Å². The summed E-state index contributed by atoms with van der Waals surface area (Å²) in [5.41, 5.74) is 0.776. The zero-order valence-electron chi connectivity index (χ0n) is 13.5. The molecular formula is C17H20ClFN4O. The predicted molar refractivity (Wildman–Crippen MR) is 90.4 cm³/mol. The first-order chi connectivity index (χ1) is 11.5. The van der Waals surface area contributed by atoms with Gasteiger partial charge in [-0.05, 0) is 37.5 Å². The zero-order chi connectivity index (χ0) is 17.1. The summed E-state index contributed by atoms with van der Waals surface area (Å²) in [6, 6.07) is 4.39. The van der Waals surface area contributed by atoms with Crippen LogP contribution < -0.4 is 5.32 Å². The number of benzene rings is 1. The van der Waals surface area contributed by atoms with Gasteiger partial charge in [0.05, 0.1) is 23.4 Å². The highest BCUT2D eigenvalue weighted by atomic mass is 35.5. The minimum atomic E-state index is -0.460. The van der Waals surface area contributed by atoms with Gasteiger partial charge < -0.3 is 14.8 Å². The largest absolute Gasteiger partial charge is 0.333 e. The third kappa shape index (κ3) is 3.70. The molecule has 2 unspecified atom stereocenters. The molecule has 1 aliphatic rings. The summed E-state index contributed by atoms with van der Waals surface area (Å²) >= 11 is 5.81. The Labute approximate surface area is 145 Å². The molecule has 2 aromatic rings. The summed E-state index contributed by atoms with van der Waals surface area (Å²) in [6.07, 6.45) is 7.44. The quantitative estimate of drug-likeness (QED) is 0.915. The summed E-state index contributed by atoms with van der Waals surface area (Å²) in [7, 11) is 0. The number of carbonyl (C=O) groups is 1. The number of aromatic nitrogens is 2. The van der Waals surface area contributed by atoms with Crippen LogP contribution in [0.15, 0.2) is 36.9 Å². The first-order valence-electron chi connectivity index (χ1n) is 8.02. The van der Waals surface area contributed by atoms with E-state index in [9.17, 15) is 9.18 Å². The fraction of sp³-hybridized carbons (Fsp3) is 0.412. The van der Waals surface area contributed by atoms with Crippen LogP contribution in [0.5, 0.6) is 0 Å². The number of nitrogens with one attached hydrogen (secondary N) is 1. The standard InChI is InChI=1S/C17H20ClFN4O/c1-12(13-4-5-16(19)15(18)9-13)21-17(24)22-7-2-3-14(10-22)23-8-6-20-11-23/h4-6,8-9,11-12,14H,2-3,7,10H2,1H3,(H,21,24). The third-order valence-electron chi connectivity index (χ3n) is 4.41. The van der Waals surface area contributed by atoms with Crippen LogP contribution in [0.4, 0.5) is 9.18 Å². The highest BCUT2D eigenvalue weighted by molar-refractivity contribution is 6.30. The highest BCUT2D eigenvalue weighted by Gasteiger charge is 2.25. The molecule has 0 aliphatic carbocycles. The van der Waals surface area contributed by atoms with Crippen LogP contribution in [0, 0.1) is 5.82 Å². The summed E-state index contributed by atoms with van der Waals surface area (Å²) < 4.78 is 15.3. The molecule has 3 rings (SSSR count). The van der Waals surface area contributed by atoms with Crippen molar-refractivity contribution in [1.82, 2.24) is 19.8 Å². The molecule has 1 saturated heterocycles. The van der Waals surface area contributed by atoms with Gasteiger partial charge >= 0.3 is 6.03 Å². The van der Waals surface area contributed by atoms with E-state index in [1.54, 1.807) is 24.7 Å². The van der Waals surface area contributed by atoms with Gasteiger partial charge in [0.25, 0.3) is 0 Å². The van der Waals surface area contributed by atoms with E-state index in [-0.39, 0.29) is 23.1 Å². The van der Waals surface area contributed by atoms with Crippen LogP contribution in [0.3, 0.4) is 0 Å². The number of hydrogen-bond acceptors (Lipinski definition) is 2. The molecule has 2 atom stereocenters. The molecule has 24 heavy (non-hydrogen) atoms.